The Bertz CT molecular complexity index is 437. The molecule has 0 saturated carbocycles. The second-order valence-electron chi connectivity index (χ2n) is 4.15. The van der Waals surface area contributed by atoms with Gasteiger partial charge in [0.25, 0.3) is 0 Å². The van der Waals surface area contributed by atoms with Crippen LogP contribution in [0, 0.1) is 0 Å². The Morgan fingerprint density at radius 3 is 2.94 bits per heavy atom. The Morgan fingerprint density at radius 2 is 2.24 bits per heavy atom. The Balaban J connectivity index is 2.35. The summed E-state index contributed by atoms with van der Waals surface area (Å²) in [6.45, 7) is 0.727. The van der Waals surface area contributed by atoms with Crippen LogP contribution >= 0.6 is 11.6 Å². The van der Waals surface area contributed by atoms with Crippen molar-refractivity contribution in [3.63, 3.8) is 0 Å². The Labute approximate surface area is 105 Å². The maximum Gasteiger partial charge on any atom is 0.240 e. The molecule has 1 saturated heterocycles. The van der Waals surface area contributed by atoms with Crippen LogP contribution in [0.1, 0.15) is 19.3 Å². The Kier molecular flexibility index (Phi) is 3.38. The highest BCUT2D eigenvalue weighted by Gasteiger charge is 2.29. The predicted molar refractivity (Wildman–Crippen MR) is 67.8 cm³/mol. The molecule has 0 spiro atoms. The van der Waals surface area contributed by atoms with E-state index in [4.69, 9.17) is 23.1 Å². The van der Waals surface area contributed by atoms with Crippen molar-refractivity contribution < 1.29 is 4.79 Å². The van der Waals surface area contributed by atoms with E-state index < -0.39 is 0 Å². The standard InChI is InChI=1S/C11H15ClN4O/c12-9-5-4-7(13)11(15-9)16-6-2-1-3-8(16)10(14)17/h4-5,8H,1-3,6,13H2,(H2,14,17). The molecule has 0 aromatic carbocycles. The van der Waals surface area contributed by atoms with Gasteiger partial charge in [-0.2, -0.15) is 0 Å². The summed E-state index contributed by atoms with van der Waals surface area (Å²) in [6.07, 6.45) is 2.73. The first-order chi connectivity index (χ1) is 8.09. The lowest BCUT2D eigenvalue weighted by molar-refractivity contribution is -0.119. The molecular formula is C11H15ClN4O. The molecule has 5 nitrogen and oxygen atoms in total. The van der Waals surface area contributed by atoms with Crippen molar-refractivity contribution in [3.05, 3.63) is 17.3 Å². The van der Waals surface area contributed by atoms with Crippen molar-refractivity contribution in [3.8, 4) is 0 Å². The minimum Gasteiger partial charge on any atom is -0.396 e. The maximum atomic E-state index is 11.4. The van der Waals surface area contributed by atoms with Gasteiger partial charge in [-0.1, -0.05) is 11.6 Å². The summed E-state index contributed by atoms with van der Waals surface area (Å²) in [5, 5.41) is 0.364. The topological polar surface area (TPSA) is 85.2 Å². The molecule has 17 heavy (non-hydrogen) atoms. The molecule has 0 bridgehead atoms. The molecule has 2 heterocycles. The molecule has 1 unspecified atom stereocenters. The van der Waals surface area contributed by atoms with Crippen molar-refractivity contribution in [1.82, 2.24) is 4.98 Å². The molecule has 1 fully saturated rings. The molecule has 6 heteroatoms. The van der Waals surface area contributed by atoms with Gasteiger partial charge in [0.05, 0.1) is 5.69 Å². The Hall–Kier alpha value is -1.49. The zero-order valence-corrected chi connectivity index (χ0v) is 10.2. The summed E-state index contributed by atoms with van der Waals surface area (Å²) in [4.78, 5) is 17.5. The first kappa shape index (κ1) is 12.0. The van der Waals surface area contributed by atoms with E-state index in [0.29, 0.717) is 16.7 Å². The molecule has 1 aliphatic heterocycles. The number of rotatable bonds is 2. The molecule has 0 aliphatic carbocycles. The van der Waals surface area contributed by atoms with E-state index >= 15 is 0 Å². The summed E-state index contributed by atoms with van der Waals surface area (Å²) in [6, 6.07) is 2.98. The van der Waals surface area contributed by atoms with Crippen LogP contribution in [0.5, 0.6) is 0 Å². The average Bonchev–Trinajstić information content (AvgIpc) is 2.32. The number of carbonyl (C=O) groups is 1. The van der Waals surface area contributed by atoms with Gasteiger partial charge >= 0.3 is 0 Å². The van der Waals surface area contributed by atoms with E-state index in [2.05, 4.69) is 4.98 Å². The first-order valence-corrected chi connectivity index (χ1v) is 5.95. The van der Waals surface area contributed by atoms with E-state index in [-0.39, 0.29) is 11.9 Å². The molecule has 92 valence electrons. The van der Waals surface area contributed by atoms with Crippen LogP contribution in [-0.2, 0) is 4.79 Å². The number of hydrogen-bond acceptors (Lipinski definition) is 4. The van der Waals surface area contributed by atoms with Crippen molar-refractivity contribution in [2.24, 2.45) is 5.73 Å². The van der Waals surface area contributed by atoms with E-state index in [1.165, 1.54) is 0 Å². The van der Waals surface area contributed by atoms with Gasteiger partial charge in [0.2, 0.25) is 5.91 Å². The number of carbonyl (C=O) groups excluding carboxylic acids is 1. The third kappa shape index (κ3) is 2.44. The summed E-state index contributed by atoms with van der Waals surface area (Å²) in [5.74, 6) is 0.215. The minimum absolute atomic E-state index is 0.336. The fourth-order valence-electron chi connectivity index (χ4n) is 2.15. The number of nitrogens with two attached hydrogens (primary N) is 2. The minimum atomic E-state index is -0.342. The van der Waals surface area contributed by atoms with Gasteiger partial charge in [-0.15, -0.1) is 0 Å². The Morgan fingerprint density at radius 1 is 1.47 bits per heavy atom. The molecule has 1 aliphatic rings. The summed E-state index contributed by atoms with van der Waals surface area (Å²) < 4.78 is 0. The molecule has 2 rings (SSSR count). The average molecular weight is 255 g/mol. The SMILES string of the molecule is NC(=O)C1CCCCN1c1nc(Cl)ccc1N. The van der Waals surface area contributed by atoms with Gasteiger partial charge in [0.15, 0.2) is 5.82 Å². The zero-order valence-electron chi connectivity index (χ0n) is 9.40. The van der Waals surface area contributed by atoms with E-state index in [9.17, 15) is 4.79 Å². The van der Waals surface area contributed by atoms with Crippen LogP contribution in [0.15, 0.2) is 12.1 Å². The lowest BCUT2D eigenvalue weighted by Crippen LogP contribution is -2.48. The summed E-state index contributed by atoms with van der Waals surface area (Å²) in [5.41, 5.74) is 11.8. The van der Waals surface area contributed by atoms with Crippen LogP contribution in [0.2, 0.25) is 5.15 Å². The monoisotopic (exact) mass is 254 g/mol. The highest BCUT2D eigenvalue weighted by Crippen LogP contribution is 2.28. The molecular weight excluding hydrogens is 240 g/mol. The number of amides is 1. The van der Waals surface area contributed by atoms with Crippen LogP contribution in [-0.4, -0.2) is 23.5 Å². The van der Waals surface area contributed by atoms with E-state index in [1.807, 2.05) is 4.90 Å². The van der Waals surface area contributed by atoms with Crippen LogP contribution in [0.25, 0.3) is 0 Å². The van der Waals surface area contributed by atoms with Gasteiger partial charge < -0.3 is 16.4 Å². The number of anilines is 2. The number of halogens is 1. The highest BCUT2D eigenvalue weighted by atomic mass is 35.5. The van der Waals surface area contributed by atoms with Gasteiger partial charge in [-0.05, 0) is 31.4 Å². The first-order valence-electron chi connectivity index (χ1n) is 5.57. The van der Waals surface area contributed by atoms with Crippen LogP contribution in [0.3, 0.4) is 0 Å². The van der Waals surface area contributed by atoms with Crippen LogP contribution < -0.4 is 16.4 Å². The lowest BCUT2D eigenvalue weighted by Gasteiger charge is -2.35. The van der Waals surface area contributed by atoms with Crippen molar-refractivity contribution in [2.45, 2.75) is 25.3 Å². The number of pyridine rings is 1. The maximum absolute atomic E-state index is 11.4. The summed E-state index contributed by atoms with van der Waals surface area (Å²) >= 11 is 5.85. The molecule has 0 radical (unpaired) electrons. The number of nitrogen functional groups attached to an aromatic ring is 1. The molecule has 1 aromatic heterocycles. The van der Waals surface area contributed by atoms with E-state index in [0.717, 1.165) is 25.8 Å². The zero-order chi connectivity index (χ0) is 12.4. The third-order valence-corrected chi connectivity index (χ3v) is 3.19. The second-order valence-corrected chi connectivity index (χ2v) is 4.54. The third-order valence-electron chi connectivity index (χ3n) is 2.97. The molecule has 1 amide bonds. The molecule has 1 atom stereocenters. The van der Waals surface area contributed by atoms with Crippen LogP contribution in [0.4, 0.5) is 11.5 Å². The van der Waals surface area contributed by atoms with Crippen molar-refractivity contribution >= 4 is 29.0 Å². The van der Waals surface area contributed by atoms with Gasteiger partial charge in [0.1, 0.15) is 11.2 Å². The van der Waals surface area contributed by atoms with Gasteiger partial charge in [-0.25, -0.2) is 4.98 Å². The number of aromatic nitrogens is 1. The van der Waals surface area contributed by atoms with E-state index in [1.54, 1.807) is 12.1 Å². The number of piperidine rings is 1. The fraction of sp³-hybridized carbons (Fsp3) is 0.455. The van der Waals surface area contributed by atoms with Gasteiger partial charge in [0, 0.05) is 6.54 Å². The quantitative estimate of drug-likeness (QED) is 0.776. The largest absolute Gasteiger partial charge is 0.396 e. The van der Waals surface area contributed by atoms with Crippen molar-refractivity contribution in [1.29, 1.82) is 0 Å². The highest BCUT2D eigenvalue weighted by molar-refractivity contribution is 6.29. The lowest BCUT2D eigenvalue weighted by atomic mass is 10.0. The predicted octanol–water partition coefficient (Wildman–Crippen LogP) is 1.16. The fourth-order valence-corrected chi connectivity index (χ4v) is 2.29. The number of primary amides is 1. The molecule has 1 aromatic rings. The van der Waals surface area contributed by atoms with Crippen molar-refractivity contribution in [2.75, 3.05) is 17.2 Å². The summed E-state index contributed by atoms with van der Waals surface area (Å²) in [7, 11) is 0. The number of nitrogens with zero attached hydrogens (tertiary/aromatic N) is 2. The second kappa shape index (κ2) is 4.79. The normalized spacial score (nSPS) is 20.3. The number of hydrogen-bond donors (Lipinski definition) is 2. The molecule has 4 N–H and O–H groups in total. The van der Waals surface area contributed by atoms with Gasteiger partial charge in [-0.3, -0.25) is 4.79 Å². The smallest absolute Gasteiger partial charge is 0.240 e.